The number of nitro groups is 1. The van der Waals surface area contributed by atoms with Gasteiger partial charge in [0, 0.05) is 12.1 Å². The minimum Gasteiger partial charge on any atom is -0.494 e. The molecule has 0 heterocycles. The van der Waals surface area contributed by atoms with Crippen LogP contribution in [0.15, 0.2) is 47.4 Å². The van der Waals surface area contributed by atoms with Crippen molar-refractivity contribution in [1.82, 2.24) is 0 Å². The fourth-order valence-electron chi connectivity index (χ4n) is 1.74. The Labute approximate surface area is 125 Å². The molecule has 0 aliphatic carbocycles. The maximum Gasteiger partial charge on any atom is 0.307 e. The highest BCUT2D eigenvalue weighted by molar-refractivity contribution is 7.92. The van der Waals surface area contributed by atoms with Gasteiger partial charge in [0.15, 0.2) is 0 Å². The Morgan fingerprint density at radius 3 is 2.41 bits per heavy atom. The summed E-state index contributed by atoms with van der Waals surface area (Å²) < 4.78 is 44.9. The van der Waals surface area contributed by atoms with Gasteiger partial charge in [0.05, 0.1) is 22.6 Å². The summed E-state index contributed by atoms with van der Waals surface area (Å²) in [6.07, 6.45) is 0. The number of nitrogens with one attached hydrogen (secondary N) is 1. The molecule has 0 spiro atoms. The Morgan fingerprint density at radius 2 is 1.86 bits per heavy atom. The van der Waals surface area contributed by atoms with Gasteiger partial charge in [-0.1, -0.05) is 18.2 Å². The zero-order valence-electron chi connectivity index (χ0n) is 11.3. The van der Waals surface area contributed by atoms with E-state index >= 15 is 0 Å². The molecule has 0 fully saturated rings. The monoisotopic (exact) mass is 326 g/mol. The molecule has 2 rings (SSSR count). The van der Waals surface area contributed by atoms with E-state index in [0.29, 0.717) is 0 Å². The van der Waals surface area contributed by atoms with Crippen molar-refractivity contribution in [2.75, 3.05) is 11.8 Å². The molecule has 0 bridgehead atoms. The molecule has 9 heteroatoms. The first-order valence-corrected chi connectivity index (χ1v) is 7.43. The molecular formula is C13H11FN2O5S. The highest BCUT2D eigenvalue weighted by Gasteiger charge is 2.22. The van der Waals surface area contributed by atoms with Crippen molar-refractivity contribution in [2.24, 2.45) is 0 Å². The van der Waals surface area contributed by atoms with Crippen molar-refractivity contribution in [2.45, 2.75) is 4.90 Å². The predicted molar refractivity (Wildman–Crippen MR) is 76.9 cm³/mol. The number of hydrogen-bond donors (Lipinski definition) is 1. The second-order valence-electron chi connectivity index (χ2n) is 4.18. The predicted octanol–water partition coefficient (Wildman–Crippen LogP) is 2.54. The highest BCUT2D eigenvalue weighted by Crippen LogP contribution is 2.33. The fourth-order valence-corrected chi connectivity index (χ4v) is 2.82. The number of methoxy groups -OCH3 is 1. The summed E-state index contributed by atoms with van der Waals surface area (Å²) in [5, 5.41) is 10.8. The Kier molecular flexibility index (Phi) is 4.27. The second kappa shape index (κ2) is 5.98. The highest BCUT2D eigenvalue weighted by atomic mass is 32.2. The van der Waals surface area contributed by atoms with Crippen molar-refractivity contribution >= 4 is 21.4 Å². The van der Waals surface area contributed by atoms with Gasteiger partial charge in [-0.15, -0.1) is 0 Å². The van der Waals surface area contributed by atoms with Crippen molar-refractivity contribution in [1.29, 1.82) is 0 Å². The van der Waals surface area contributed by atoms with E-state index in [4.69, 9.17) is 4.74 Å². The van der Waals surface area contributed by atoms with Crippen molar-refractivity contribution < 1.29 is 22.5 Å². The van der Waals surface area contributed by atoms with Crippen LogP contribution in [0.25, 0.3) is 0 Å². The Hall–Kier alpha value is -2.68. The van der Waals surface area contributed by atoms with Crippen LogP contribution >= 0.6 is 0 Å². The van der Waals surface area contributed by atoms with Gasteiger partial charge >= 0.3 is 5.69 Å². The van der Waals surface area contributed by atoms with Crippen LogP contribution in [0.1, 0.15) is 0 Å². The number of rotatable bonds is 5. The number of benzene rings is 2. The average molecular weight is 326 g/mol. The molecule has 0 saturated carbocycles. The first-order valence-electron chi connectivity index (χ1n) is 5.95. The Morgan fingerprint density at radius 1 is 1.23 bits per heavy atom. The molecule has 116 valence electrons. The molecular weight excluding hydrogens is 315 g/mol. The molecule has 2 aromatic rings. The number of ether oxygens (including phenoxy) is 1. The molecule has 0 aromatic heterocycles. The summed E-state index contributed by atoms with van der Waals surface area (Å²) >= 11 is 0. The zero-order valence-corrected chi connectivity index (χ0v) is 12.1. The van der Waals surface area contributed by atoms with Crippen LogP contribution in [0, 0.1) is 15.9 Å². The summed E-state index contributed by atoms with van der Waals surface area (Å²) in [5.41, 5.74) is -1.08. The number of nitrogens with zero attached hydrogens (tertiary/aromatic N) is 1. The van der Waals surface area contributed by atoms with Crippen LogP contribution in [0.2, 0.25) is 0 Å². The van der Waals surface area contributed by atoms with Crippen LogP contribution in [0.4, 0.5) is 15.8 Å². The number of nitro benzene ring substituents is 1. The maximum absolute atomic E-state index is 13.5. The van der Waals surface area contributed by atoms with Gasteiger partial charge in [0.1, 0.15) is 5.75 Å². The van der Waals surface area contributed by atoms with Crippen molar-refractivity contribution in [3.05, 3.63) is 58.4 Å². The van der Waals surface area contributed by atoms with E-state index in [-0.39, 0.29) is 16.3 Å². The minimum atomic E-state index is -3.98. The second-order valence-corrected chi connectivity index (χ2v) is 5.86. The quantitative estimate of drug-likeness (QED) is 0.672. The van der Waals surface area contributed by atoms with Gasteiger partial charge < -0.3 is 4.74 Å². The largest absolute Gasteiger partial charge is 0.494 e. The Balaban J connectivity index is 2.49. The zero-order chi connectivity index (χ0) is 16.3. The molecule has 0 amide bonds. The van der Waals surface area contributed by atoms with E-state index in [1.165, 1.54) is 31.4 Å². The number of halogens is 1. The van der Waals surface area contributed by atoms with Crippen LogP contribution < -0.4 is 9.46 Å². The van der Waals surface area contributed by atoms with Gasteiger partial charge in [-0.2, -0.15) is 4.39 Å². The molecule has 2 aromatic carbocycles. The van der Waals surface area contributed by atoms with E-state index in [1.807, 2.05) is 0 Å². The molecule has 0 unspecified atom stereocenters. The lowest BCUT2D eigenvalue weighted by molar-refractivity contribution is -0.387. The lowest BCUT2D eigenvalue weighted by Gasteiger charge is -2.12. The third-order valence-corrected chi connectivity index (χ3v) is 4.14. The number of hydrogen-bond acceptors (Lipinski definition) is 5. The summed E-state index contributed by atoms with van der Waals surface area (Å²) in [6, 6.07) is 8.93. The van der Waals surface area contributed by atoms with Crippen LogP contribution in [0.3, 0.4) is 0 Å². The molecule has 1 N–H and O–H groups in total. The summed E-state index contributed by atoms with van der Waals surface area (Å²) in [5.74, 6) is -1.29. The standard InChI is InChI=1S/C13H11FN2O5S/c1-21-13-7-10(14)12(16(17)18)8-11(13)15-22(19,20)9-5-3-2-4-6-9/h2-8,15H,1H3. The molecule has 0 aliphatic rings. The molecule has 0 saturated heterocycles. The minimum absolute atomic E-state index is 0.0379. The van der Waals surface area contributed by atoms with Crippen molar-refractivity contribution in [3.8, 4) is 5.75 Å². The lowest BCUT2D eigenvalue weighted by Crippen LogP contribution is -2.14. The third-order valence-electron chi connectivity index (χ3n) is 2.76. The SMILES string of the molecule is COc1cc(F)c([N+](=O)[O-])cc1NS(=O)(=O)c1ccccc1. The maximum atomic E-state index is 13.5. The van der Waals surface area contributed by atoms with Crippen LogP contribution in [0.5, 0.6) is 5.75 Å². The van der Waals surface area contributed by atoms with Gasteiger partial charge in [-0.3, -0.25) is 14.8 Å². The number of sulfonamides is 1. The van der Waals surface area contributed by atoms with E-state index < -0.39 is 26.5 Å². The van der Waals surface area contributed by atoms with Gasteiger partial charge in [-0.05, 0) is 12.1 Å². The fraction of sp³-hybridized carbons (Fsp3) is 0.0769. The van der Waals surface area contributed by atoms with Crippen molar-refractivity contribution in [3.63, 3.8) is 0 Å². The van der Waals surface area contributed by atoms with Crippen LogP contribution in [-0.4, -0.2) is 20.5 Å². The third kappa shape index (κ3) is 3.14. The first kappa shape index (κ1) is 15.7. The van der Waals surface area contributed by atoms with E-state index in [9.17, 15) is 22.9 Å². The van der Waals surface area contributed by atoms with Gasteiger partial charge in [0.25, 0.3) is 10.0 Å². The van der Waals surface area contributed by atoms with Gasteiger partial charge in [0.2, 0.25) is 5.82 Å². The van der Waals surface area contributed by atoms with Gasteiger partial charge in [-0.25, -0.2) is 8.42 Å². The summed E-state index contributed by atoms with van der Waals surface area (Å²) in [6.45, 7) is 0. The Bertz CT molecular complexity index is 809. The summed E-state index contributed by atoms with van der Waals surface area (Å²) in [7, 11) is -2.78. The lowest BCUT2D eigenvalue weighted by atomic mass is 10.2. The summed E-state index contributed by atoms with van der Waals surface area (Å²) in [4.78, 5) is 9.77. The molecule has 0 atom stereocenters. The van der Waals surface area contributed by atoms with E-state index in [2.05, 4.69) is 4.72 Å². The molecule has 0 aliphatic heterocycles. The molecule has 7 nitrogen and oxygen atoms in total. The molecule has 22 heavy (non-hydrogen) atoms. The molecule has 0 radical (unpaired) electrons. The first-order chi connectivity index (χ1) is 10.3. The van der Waals surface area contributed by atoms with E-state index in [1.54, 1.807) is 6.07 Å². The van der Waals surface area contributed by atoms with E-state index in [0.717, 1.165) is 12.1 Å². The normalized spacial score (nSPS) is 11.0. The van der Waals surface area contributed by atoms with Crippen LogP contribution in [-0.2, 0) is 10.0 Å². The smallest absolute Gasteiger partial charge is 0.307 e. The number of anilines is 1. The average Bonchev–Trinajstić information content (AvgIpc) is 2.49. The topological polar surface area (TPSA) is 98.5 Å².